The number of aromatic nitrogens is 1. The molecule has 0 N–H and O–H groups in total. The molecule has 0 saturated carbocycles. The van der Waals surface area contributed by atoms with Gasteiger partial charge in [-0.05, 0) is 64.0 Å². The summed E-state index contributed by atoms with van der Waals surface area (Å²) in [5.74, 6) is 0. The highest BCUT2D eigenvalue weighted by Gasteiger charge is 2.16. The van der Waals surface area contributed by atoms with Gasteiger partial charge in [-0.3, -0.25) is 0 Å². The Bertz CT molecular complexity index is 1730. The van der Waals surface area contributed by atoms with Crippen molar-refractivity contribution in [3.63, 3.8) is 0 Å². The Morgan fingerprint density at radius 2 is 1.12 bits per heavy atom. The third-order valence-corrected chi connectivity index (χ3v) is 7.54. The fourth-order valence-electron chi connectivity index (χ4n) is 5.11. The third kappa shape index (κ3) is 3.00. The van der Waals surface area contributed by atoms with E-state index in [0.29, 0.717) is 0 Å². The molecule has 5 aromatic carbocycles. The van der Waals surface area contributed by atoms with Crippen LogP contribution >= 0.6 is 11.3 Å². The molecule has 0 aliphatic rings. The molecule has 7 aromatic rings. The van der Waals surface area contributed by atoms with Crippen LogP contribution in [-0.4, -0.2) is 4.57 Å². The fraction of sp³-hybridized carbons (Fsp3) is 0. The van der Waals surface area contributed by atoms with E-state index in [-0.39, 0.29) is 0 Å². The molecule has 2 heteroatoms. The lowest BCUT2D eigenvalue weighted by molar-refractivity contribution is 1.19. The van der Waals surface area contributed by atoms with E-state index in [1.54, 1.807) is 11.3 Å². The van der Waals surface area contributed by atoms with E-state index in [9.17, 15) is 0 Å². The van der Waals surface area contributed by atoms with E-state index in [0.717, 1.165) is 0 Å². The first-order chi connectivity index (χ1) is 16.9. The van der Waals surface area contributed by atoms with Crippen molar-refractivity contribution >= 4 is 43.2 Å². The summed E-state index contributed by atoms with van der Waals surface area (Å²) in [5.41, 5.74) is 8.60. The van der Waals surface area contributed by atoms with E-state index in [1.807, 2.05) is 0 Å². The van der Waals surface area contributed by atoms with Crippen LogP contribution in [0.25, 0.3) is 59.8 Å². The van der Waals surface area contributed by atoms with E-state index >= 15 is 0 Å². The van der Waals surface area contributed by atoms with Crippen LogP contribution in [0.3, 0.4) is 0 Å². The van der Waals surface area contributed by atoms with Crippen LogP contribution in [0.4, 0.5) is 0 Å². The van der Waals surface area contributed by atoms with Crippen molar-refractivity contribution in [2.24, 2.45) is 0 Å². The van der Waals surface area contributed by atoms with Crippen molar-refractivity contribution in [1.29, 1.82) is 0 Å². The van der Waals surface area contributed by atoms with E-state index in [4.69, 9.17) is 0 Å². The lowest BCUT2D eigenvalue weighted by Gasteiger charge is -2.14. The van der Waals surface area contributed by atoms with Crippen molar-refractivity contribution < 1.29 is 0 Å². The average Bonchev–Trinajstić information content (AvgIpc) is 3.52. The minimum absolute atomic E-state index is 1.19. The highest BCUT2D eigenvalue weighted by atomic mass is 32.1. The molecule has 2 heterocycles. The van der Waals surface area contributed by atoms with Gasteiger partial charge in [-0.25, -0.2) is 0 Å². The first-order valence-electron chi connectivity index (χ1n) is 11.5. The topological polar surface area (TPSA) is 4.93 Å². The van der Waals surface area contributed by atoms with Crippen molar-refractivity contribution in [2.75, 3.05) is 0 Å². The minimum atomic E-state index is 1.19. The number of benzene rings is 5. The van der Waals surface area contributed by atoms with Crippen LogP contribution in [0, 0.1) is 0 Å². The lowest BCUT2D eigenvalue weighted by Crippen LogP contribution is -1.96. The highest BCUT2D eigenvalue weighted by molar-refractivity contribution is 7.17. The van der Waals surface area contributed by atoms with Crippen LogP contribution < -0.4 is 0 Å². The van der Waals surface area contributed by atoms with Crippen molar-refractivity contribution in [3.8, 4) is 27.9 Å². The maximum atomic E-state index is 2.46. The molecule has 0 saturated heterocycles. The lowest BCUT2D eigenvalue weighted by atomic mass is 9.98. The molecule has 7 rings (SSSR count). The molecule has 0 amide bonds. The molecule has 0 unspecified atom stereocenters. The van der Waals surface area contributed by atoms with Gasteiger partial charge in [0.15, 0.2) is 0 Å². The summed E-state index contributed by atoms with van der Waals surface area (Å²) in [4.78, 5) is 0. The van der Waals surface area contributed by atoms with Crippen molar-refractivity contribution in [3.05, 3.63) is 127 Å². The predicted molar refractivity (Wildman–Crippen MR) is 147 cm³/mol. The van der Waals surface area contributed by atoms with Gasteiger partial charge in [0.1, 0.15) is 0 Å². The third-order valence-electron chi connectivity index (χ3n) is 6.66. The van der Waals surface area contributed by atoms with E-state index < -0.39 is 0 Å². The van der Waals surface area contributed by atoms with Gasteiger partial charge in [0.25, 0.3) is 0 Å². The zero-order valence-corrected chi connectivity index (χ0v) is 19.3. The number of hydrogen-bond donors (Lipinski definition) is 0. The molecule has 2 aromatic heterocycles. The number of thiophene rings is 1. The quantitative estimate of drug-likeness (QED) is 0.252. The summed E-state index contributed by atoms with van der Waals surface area (Å²) in [6, 6.07) is 43.9. The number of hydrogen-bond acceptors (Lipinski definition) is 1. The zero-order chi connectivity index (χ0) is 22.5. The van der Waals surface area contributed by atoms with Gasteiger partial charge in [0.05, 0.1) is 11.0 Å². The van der Waals surface area contributed by atoms with Crippen molar-refractivity contribution in [2.45, 2.75) is 0 Å². The van der Waals surface area contributed by atoms with Gasteiger partial charge in [0, 0.05) is 26.5 Å². The second kappa shape index (κ2) is 7.72. The summed E-state index contributed by atoms with van der Waals surface area (Å²) in [5, 5.41) is 6.09. The molecule has 160 valence electrons. The Balaban J connectivity index is 1.62. The SMILES string of the molecule is c1ccc(-c2cc(-c3ccccc3)cc(-n3c4ccccc4c4ccc5sccc5c43)c2)cc1. The summed E-state index contributed by atoms with van der Waals surface area (Å²) in [6.45, 7) is 0. The van der Waals surface area contributed by atoms with Gasteiger partial charge < -0.3 is 4.57 Å². The monoisotopic (exact) mass is 451 g/mol. The second-order valence-corrected chi connectivity index (χ2v) is 9.60. The number of rotatable bonds is 3. The van der Waals surface area contributed by atoms with Crippen LogP contribution in [-0.2, 0) is 0 Å². The van der Waals surface area contributed by atoms with Crippen LogP contribution in [0.2, 0.25) is 0 Å². The van der Waals surface area contributed by atoms with E-state index in [1.165, 1.54) is 59.8 Å². The maximum absolute atomic E-state index is 2.46. The van der Waals surface area contributed by atoms with Crippen LogP contribution in [0.5, 0.6) is 0 Å². The van der Waals surface area contributed by atoms with Gasteiger partial charge in [0.2, 0.25) is 0 Å². The highest BCUT2D eigenvalue weighted by Crippen LogP contribution is 2.39. The standard InChI is InChI=1S/C32H21NS/c1-3-9-22(10-4-1)24-19-25(23-11-5-2-6-12-23)21-26(20-24)33-30-14-8-7-13-27(30)28-15-16-31-29(32(28)33)17-18-34-31/h1-21H. The molecule has 34 heavy (non-hydrogen) atoms. The second-order valence-electron chi connectivity index (χ2n) is 8.65. The normalized spacial score (nSPS) is 11.5. The Kier molecular flexibility index (Phi) is 4.39. The first kappa shape index (κ1) is 19.3. The Morgan fingerprint density at radius 3 is 1.82 bits per heavy atom. The number of para-hydroxylation sites is 1. The van der Waals surface area contributed by atoms with E-state index in [2.05, 4.69) is 131 Å². The Morgan fingerprint density at radius 1 is 0.471 bits per heavy atom. The molecule has 0 aliphatic heterocycles. The van der Waals surface area contributed by atoms with Gasteiger partial charge in [-0.15, -0.1) is 11.3 Å². The summed E-state index contributed by atoms with van der Waals surface area (Å²) in [7, 11) is 0. The summed E-state index contributed by atoms with van der Waals surface area (Å²) in [6.07, 6.45) is 0. The molecule has 0 spiro atoms. The number of fused-ring (bicyclic) bond motifs is 5. The molecule has 0 bridgehead atoms. The first-order valence-corrected chi connectivity index (χ1v) is 12.4. The van der Waals surface area contributed by atoms with Crippen molar-refractivity contribution in [1.82, 2.24) is 4.57 Å². The molecule has 0 radical (unpaired) electrons. The zero-order valence-electron chi connectivity index (χ0n) is 18.5. The largest absolute Gasteiger partial charge is 0.309 e. The molecule has 1 nitrogen and oxygen atoms in total. The molecular formula is C32H21NS. The number of nitrogens with zero attached hydrogens (tertiary/aromatic N) is 1. The van der Waals surface area contributed by atoms with Gasteiger partial charge in [-0.1, -0.05) is 84.9 Å². The van der Waals surface area contributed by atoms with Gasteiger partial charge >= 0.3 is 0 Å². The average molecular weight is 452 g/mol. The Labute approximate surface area is 202 Å². The predicted octanol–water partition coefficient (Wildman–Crippen LogP) is 9.33. The maximum Gasteiger partial charge on any atom is 0.0627 e. The summed E-state index contributed by atoms with van der Waals surface area (Å²) >= 11 is 1.80. The summed E-state index contributed by atoms with van der Waals surface area (Å²) < 4.78 is 3.78. The fourth-order valence-corrected chi connectivity index (χ4v) is 5.90. The molecular weight excluding hydrogens is 430 g/mol. The molecule has 0 aliphatic carbocycles. The Hall–Kier alpha value is -4.14. The molecule has 0 atom stereocenters. The molecule has 0 fully saturated rings. The van der Waals surface area contributed by atoms with Crippen LogP contribution in [0.15, 0.2) is 127 Å². The van der Waals surface area contributed by atoms with Gasteiger partial charge in [-0.2, -0.15) is 0 Å². The van der Waals surface area contributed by atoms with Crippen LogP contribution in [0.1, 0.15) is 0 Å². The smallest absolute Gasteiger partial charge is 0.0627 e. The minimum Gasteiger partial charge on any atom is -0.309 e.